The summed E-state index contributed by atoms with van der Waals surface area (Å²) in [5.74, 6) is 0.141. The Morgan fingerprint density at radius 2 is 1.81 bits per heavy atom. The van der Waals surface area contributed by atoms with Crippen molar-refractivity contribution in [3.8, 4) is 11.5 Å². The zero-order chi connectivity index (χ0) is 26.4. The van der Waals surface area contributed by atoms with Crippen LogP contribution in [0.2, 0.25) is 0 Å². The zero-order valence-corrected chi connectivity index (χ0v) is 22.7. The summed E-state index contributed by atoms with van der Waals surface area (Å²) in [5.41, 5.74) is 3.39. The van der Waals surface area contributed by atoms with Crippen molar-refractivity contribution in [2.75, 3.05) is 19.0 Å². The third-order valence-electron chi connectivity index (χ3n) is 5.65. The van der Waals surface area contributed by atoms with E-state index in [9.17, 15) is 14.4 Å². The van der Waals surface area contributed by atoms with E-state index in [4.69, 9.17) is 9.47 Å². The lowest BCUT2D eigenvalue weighted by Gasteiger charge is -2.13. The van der Waals surface area contributed by atoms with Crippen LogP contribution < -0.4 is 14.8 Å². The first-order valence-corrected chi connectivity index (χ1v) is 13.2. The second-order valence-corrected chi connectivity index (χ2v) is 10.0. The van der Waals surface area contributed by atoms with Gasteiger partial charge in [-0.15, -0.1) is 0 Å². The van der Waals surface area contributed by atoms with Crippen LogP contribution in [0.3, 0.4) is 0 Å². The van der Waals surface area contributed by atoms with Crippen LogP contribution in [0.15, 0.2) is 76.1 Å². The number of aryl methyl sites for hydroxylation is 1. The molecule has 0 atom stereocenters. The van der Waals surface area contributed by atoms with Gasteiger partial charge in [-0.3, -0.25) is 19.3 Å². The fourth-order valence-electron chi connectivity index (χ4n) is 3.64. The molecule has 0 aliphatic carbocycles. The molecule has 0 unspecified atom stereocenters. The summed E-state index contributed by atoms with van der Waals surface area (Å²) < 4.78 is 11.9. The molecule has 1 aliphatic heterocycles. The second kappa shape index (κ2) is 12.1. The maximum atomic E-state index is 12.9. The molecule has 3 amide bonds. The average Bonchev–Trinajstić information content (AvgIpc) is 3.16. The number of anilines is 1. The number of nitrogens with one attached hydrogen (secondary N) is 1. The van der Waals surface area contributed by atoms with E-state index in [0.29, 0.717) is 27.7 Å². The smallest absolute Gasteiger partial charge is 0.293 e. The van der Waals surface area contributed by atoms with Crippen molar-refractivity contribution in [1.29, 1.82) is 0 Å². The van der Waals surface area contributed by atoms with Gasteiger partial charge in [0.1, 0.15) is 0 Å². The Bertz CT molecular complexity index is 1360. The predicted octanol–water partition coefficient (Wildman–Crippen LogP) is 6.27. The number of benzene rings is 3. The molecule has 37 heavy (non-hydrogen) atoms. The number of hydrogen-bond donors (Lipinski definition) is 1. The third-order valence-corrected chi connectivity index (χ3v) is 7.33. The molecule has 0 bridgehead atoms. The zero-order valence-electron chi connectivity index (χ0n) is 20.3. The number of imide groups is 1. The number of amides is 3. The Morgan fingerprint density at radius 3 is 2.51 bits per heavy atom. The molecule has 9 heteroatoms. The highest BCUT2D eigenvalue weighted by Gasteiger charge is 2.35. The van der Waals surface area contributed by atoms with Crippen molar-refractivity contribution in [2.24, 2.45) is 0 Å². The van der Waals surface area contributed by atoms with E-state index >= 15 is 0 Å². The van der Waals surface area contributed by atoms with Gasteiger partial charge in [0.15, 0.2) is 18.1 Å². The minimum Gasteiger partial charge on any atom is -0.493 e. The summed E-state index contributed by atoms with van der Waals surface area (Å²) in [7, 11) is 1.49. The van der Waals surface area contributed by atoms with Crippen LogP contribution in [-0.4, -0.2) is 35.7 Å². The highest BCUT2D eigenvalue weighted by atomic mass is 79.9. The summed E-state index contributed by atoms with van der Waals surface area (Å²) in [6.45, 7) is 2.06. The van der Waals surface area contributed by atoms with E-state index in [2.05, 4.69) is 28.2 Å². The summed E-state index contributed by atoms with van der Waals surface area (Å²) in [6.07, 6.45) is 2.57. The quantitative estimate of drug-likeness (QED) is 0.300. The van der Waals surface area contributed by atoms with Crippen LogP contribution in [-0.2, 0) is 22.6 Å². The van der Waals surface area contributed by atoms with Crippen molar-refractivity contribution in [1.82, 2.24) is 4.90 Å². The summed E-state index contributed by atoms with van der Waals surface area (Å²) in [6, 6.07) is 20.2. The summed E-state index contributed by atoms with van der Waals surface area (Å²) in [4.78, 5) is 39.3. The molecule has 3 aromatic rings. The van der Waals surface area contributed by atoms with Crippen LogP contribution in [0.4, 0.5) is 10.5 Å². The SMILES string of the molecule is CCc1ccc(NC(=O)COc2ccc(/C=C3\SC(=O)N(Cc4ccccc4Br)C3=O)cc2OC)cc1. The lowest BCUT2D eigenvalue weighted by molar-refractivity contribution is -0.123. The second-order valence-electron chi connectivity index (χ2n) is 8.16. The molecule has 4 rings (SSSR count). The topological polar surface area (TPSA) is 84.9 Å². The Morgan fingerprint density at radius 1 is 1.05 bits per heavy atom. The molecule has 0 radical (unpaired) electrons. The summed E-state index contributed by atoms with van der Waals surface area (Å²) in [5, 5.41) is 2.48. The lowest BCUT2D eigenvalue weighted by atomic mass is 10.1. The van der Waals surface area contributed by atoms with Gasteiger partial charge in [0, 0.05) is 10.2 Å². The number of halogens is 1. The first-order valence-electron chi connectivity index (χ1n) is 11.6. The first kappa shape index (κ1) is 26.5. The molecule has 190 valence electrons. The van der Waals surface area contributed by atoms with Gasteiger partial charge in [-0.1, -0.05) is 59.3 Å². The van der Waals surface area contributed by atoms with Gasteiger partial charge >= 0.3 is 0 Å². The highest BCUT2D eigenvalue weighted by Crippen LogP contribution is 2.36. The molecule has 1 fully saturated rings. The van der Waals surface area contributed by atoms with Crippen LogP contribution in [0.1, 0.15) is 23.6 Å². The van der Waals surface area contributed by atoms with Gasteiger partial charge < -0.3 is 14.8 Å². The number of rotatable bonds is 9. The van der Waals surface area contributed by atoms with Crippen molar-refractivity contribution in [2.45, 2.75) is 19.9 Å². The lowest BCUT2D eigenvalue weighted by Crippen LogP contribution is -2.27. The van der Waals surface area contributed by atoms with Crippen LogP contribution >= 0.6 is 27.7 Å². The van der Waals surface area contributed by atoms with Gasteiger partial charge in [0.25, 0.3) is 17.1 Å². The number of nitrogens with zero attached hydrogens (tertiary/aromatic N) is 1. The number of carbonyl (C=O) groups excluding carboxylic acids is 3. The van der Waals surface area contributed by atoms with Gasteiger partial charge in [-0.25, -0.2) is 0 Å². The molecule has 0 aromatic heterocycles. The first-order chi connectivity index (χ1) is 17.9. The molecule has 0 spiro atoms. The number of hydrogen-bond acceptors (Lipinski definition) is 6. The number of thioether (sulfide) groups is 1. The van der Waals surface area contributed by atoms with E-state index in [0.717, 1.165) is 28.2 Å². The van der Waals surface area contributed by atoms with E-state index in [1.807, 2.05) is 48.5 Å². The van der Waals surface area contributed by atoms with Gasteiger partial charge in [-0.05, 0) is 71.3 Å². The fraction of sp³-hybridized carbons (Fsp3) is 0.179. The van der Waals surface area contributed by atoms with Crippen molar-refractivity contribution < 1.29 is 23.9 Å². The molecule has 1 saturated heterocycles. The molecular formula is C28H25BrN2O5S. The molecule has 3 aromatic carbocycles. The maximum Gasteiger partial charge on any atom is 0.293 e. The Kier molecular flexibility index (Phi) is 8.68. The van der Waals surface area contributed by atoms with Gasteiger partial charge in [0.05, 0.1) is 18.6 Å². The fourth-order valence-corrected chi connectivity index (χ4v) is 4.89. The minimum atomic E-state index is -0.353. The van der Waals surface area contributed by atoms with Gasteiger partial charge in [0.2, 0.25) is 0 Å². The molecular weight excluding hydrogens is 556 g/mol. The van der Waals surface area contributed by atoms with Crippen LogP contribution in [0, 0.1) is 0 Å². The average molecular weight is 581 g/mol. The van der Waals surface area contributed by atoms with E-state index in [-0.39, 0.29) is 30.2 Å². The Hall–Kier alpha value is -3.56. The van der Waals surface area contributed by atoms with Crippen molar-refractivity contribution in [3.05, 3.63) is 92.8 Å². The van der Waals surface area contributed by atoms with E-state index in [1.165, 1.54) is 17.6 Å². The van der Waals surface area contributed by atoms with Crippen molar-refractivity contribution >= 4 is 56.5 Å². The predicted molar refractivity (Wildman–Crippen MR) is 149 cm³/mol. The molecule has 1 heterocycles. The monoisotopic (exact) mass is 580 g/mol. The van der Waals surface area contributed by atoms with Crippen molar-refractivity contribution in [3.63, 3.8) is 0 Å². The molecule has 0 saturated carbocycles. The van der Waals surface area contributed by atoms with Crippen LogP contribution in [0.5, 0.6) is 11.5 Å². The maximum absolute atomic E-state index is 12.9. The summed E-state index contributed by atoms with van der Waals surface area (Å²) >= 11 is 4.35. The number of ether oxygens (including phenoxy) is 2. The number of carbonyl (C=O) groups is 3. The van der Waals surface area contributed by atoms with Gasteiger partial charge in [-0.2, -0.15) is 0 Å². The Balaban J connectivity index is 1.41. The third kappa shape index (κ3) is 6.61. The standard InChI is InChI=1S/C28H25BrN2O5S/c1-3-18-8-11-21(12-9-18)30-26(32)17-36-23-13-10-19(14-24(23)35-2)15-25-27(33)31(28(34)37-25)16-20-6-4-5-7-22(20)29/h4-15H,3,16-17H2,1-2H3,(H,30,32)/b25-15-. The molecule has 7 nitrogen and oxygen atoms in total. The molecule has 1 aliphatic rings. The largest absolute Gasteiger partial charge is 0.493 e. The Labute approximate surface area is 228 Å². The minimum absolute atomic E-state index is 0.185. The van der Waals surface area contributed by atoms with Crippen LogP contribution in [0.25, 0.3) is 6.08 Å². The van der Waals surface area contributed by atoms with E-state index < -0.39 is 0 Å². The normalized spacial score (nSPS) is 14.2. The van der Waals surface area contributed by atoms with E-state index in [1.54, 1.807) is 24.3 Å². The number of methoxy groups -OCH3 is 1. The highest BCUT2D eigenvalue weighted by molar-refractivity contribution is 9.10. The molecule has 1 N–H and O–H groups in total.